The molecule has 1 aliphatic carbocycles. The van der Waals surface area contributed by atoms with E-state index in [2.05, 4.69) is 44.4 Å². The van der Waals surface area contributed by atoms with Crippen molar-refractivity contribution in [3.05, 3.63) is 28.4 Å². The summed E-state index contributed by atoms with van der Waals surface area (Å²) >= 11 is 5.41. The molecule has 0 saturated heterocycles. The van der Waals surface area contributed by atoms with E-state index in [1.54, 1.807) is 11.8 Å². The number of benzene rings is 1. The number of hydrogen-bond donors (Lipinski definition) is 2. The van der Waals surface area contributed by atoms with Crippen molar-refractivity contribution in [2.24, 2.45) is 4.99 Å². The van der Waals surface area contributed by atoms with Gasteiger partial charge in [-0.3, -0.25) is 9.79 Å². The van der Waals surface area contributed by atoms with E-state index in [4.69, 9.17) is 9.73 Å². The summed E-state index contributed by atoms with van der Waals surface area (Å²) in [6, 6.07) is 7.23. The van der Waals surface area contributed by atoms with Gasteiger partial charge in [-0.05, 0) is 44.4 Å². The Balaban J connectivity index is 1.51. The van der Waals surface area contributed by atoms with Crippen LogP contribution in [0.4, 0.5) is 5.69 Å². The molecule has 0 spiro atoms. The third-order valence-electron chi connectivity index (χ3n) is 5.34. The molecule has 150 valence electrons. The number of halogens is 1. The molecular formula is C21H26BrN3O2S. The highest BCUT2D eigenvalue weighted by Crippen LogP contribution is 2.34. The number of carbonyl (C=O) groups excluding carboxylic acids is 1. The van der Waals surface area contributed by atoms with E-state index in [0.29, 0.717) is 19.1 Å². The van der Waals surface area contributed by atoms with Crippen LogP contribution in [0.15, 0.2) is 27.7 Å². The third kappa shape index (κ3) is 4.57. The van der Waals surface area contributed by atoms with Crippen LogP contribution in [0.5, 0.6) is 0 Å². The molecule has 1 atom stereocenters. The Kier molecular flexibility index (Phi) is 6.31. The standard InChI is InChI=1S/C21H26BrN3O2S/c1-2-27-19(26)8-7-16-12-28-21(24-16)18-10-13-9-14(22)11-17(20(13)25-18)23-15-5-3-4-6-15/h9-11,15-16,23,25H,2-8,12H2,1H3. The van der Waals surface area contributed by atoms with Gasteiger partial charge in [0.1, 0.15) is 5.04 Å². The predicted molar refractivity (Wildman–Crippen MR) is 121 cm³/mol. The first-order chi connectivity index (χ1) is 13.6. The minimum absolute atomic E-state index is 0.130. The molecule has 4 rings (SSSR count). The third-order valence-corrected chi connectivity index (χ3v) is 6.95. The summed E-state index contributed by atoms with van der Waals surface area (Å²) in [5.74, 6) is 0.787. The van der Waals surface area contributed by atoms with Crippen LogP contribution in [-0.2, 0) is 9.53 Å². The summed E-state index contributed by atoms with van der Waals surface area (Å²) in [5.41, 5.74) is 3.36. The van der Waals surface area contributed by atoms with Crippen molar-refractivity contribution >= 4 is 55.3 Å². The predicted octanol–water partition coefficient (Wildman–Crippen LogP) is 5.49. The molecule has 1 aromatic carbocycles. The number of fused-ring (bicyclic) bond motifs is 1. The van der Waals surface area contributed by atoms with Crippen LogP contribution in [0.3, 0.4) is 0 Å². The summed E-state index contributed by atoms with van der Waals surface area (Å²) in [5, 5.41) is 5.94. The van der Waals surface area contributed by atoms with Gasteiger partial charge in [0.25, 0.3) is 0 Å². The van der Waals surface area contributed by atoms with Crippen LogP contribution in [0.2, 0.25) is 0 Å². The summed E-state index contributed by atoms with van der Waals surface area (Å²) in [6.45, 7) is 2.28. The highest BCUT2D eigenvalue weighted by atomic mass is 79.9. The second-order valence-electron chi connectivity index (χ2n) is 7.47. The normalized spacial score (nSPS) is 19.9. The van der Waals surface area contributed by atoms with Crippen molar-refractivity contribution in [1.82, 2.24) is 4.98 Å². The lowest BCUT2D eigenvalue weighted by atomic mass is 10.2. The average Bonchev–Trinajstić information content (AvgIpc) is 3.40. The number of hydrogen-bond acceptors (Lipinski definition) is 5. The summed E-state index contributed by atoms with van der Waals surface area (Å²) in [4.78, 5) is 20.0. The first-order valence-electron chi connectivity index (χ1n) is 10.1. The molecule has 1 aliphatic heterocycles. The van der Waals surface area contributed by atoms with Crippen molar-refractivity contribution in [2.45, 2.75) is 57.5 Å². The van der Waals surface area contributed by atoms with E-state index < -0.39 is 0 Å². The van der Waals surface area contributed by atoms with Crippen LogP contribution < -0.4 is 5.32 Å². The molecule has 1 saturated carbocycles. The molecule has 28 heavy (non-hydrogen) atoms. The van der Waals surface area contributed by atoms with Gasteiger partial charge in [-0.25, -0.2) is 0 Å². The number of anilines is 1. The molecule has 0 bridgehead atoms. The molecule has 0 radical (unpaired) electrons. The van der Waals surface area contributed by atoms with E-state index in [1.165, 1.54) is 31.1 Å². The van der Waals surface area contributed by atoms with E-state index in [0.717, 1.165) is 38.6 Å². The number of nitrogens with one attached hydrogen (secondary N) is 2. The Labute approximate surface area is 178 Å². The van der Waals surface area contributed by atoms with E-state index in [9.17, 15) is 4.79 Å². The Bertz CT molecular complexity index is 889. The molecule has 2 aliphatic rings. The van der Waals surface area contributed by atoms with Gasteiger partial charge in [-0.2, -0.15) is 0 Å². The molecule has 0 amide bonds. The Morgan fingerprint density at radius 1 is 1.36 bits per heavy atom. The van der Waals surface area contributed by atoms with Crippen LogP contribution >= 0.6 is 27.7 Å². The summed E-state index contributed by atoms with van der Waals surface area (Å²) in [6.07, 6.45) is 6.29. The van der Waals surface area contributed by atoms with Gasteiger partial charge in [0, 0.05) is 28.1 Å². The minimum atomic E-state index is -0.130. The molecule has 1 fully saturated rings. The number of rotatable bonds is 7. The Morgan fingerprint density at radius 3 is 2.96 bits per heavy atom. The van der Waals surface area contributed by atoms with Crippen molar-refractivity contribution in [3.63, 3.8) is 0 Å². The fourth-order valence-electron chi connectivity index (χ4n) is 3.95. The number of H-pyrrole nitrogens is 1. The van der Waals surface area contributed by atoms with Gasteiger partial charge < -0.3 is 15.0 Å². The SMILES string of the molecule is CCOC(=O)CCC1CSC(c2cc3cc(Br)cc(NC4CCCC4)c3[nH]2)=N1. The lowest BCUT2D eigenvalue weighted by Crippen LogP contribution is -2.14. The Morgan fingerprint density at radius 2 is 2.18 bits per heavy atom. The van der Waals surface area contributed by atoms with Crippen LogP contribution in [0.1, 0.15) is 51.1 Å². The number of esters is 1. The molecule has 2 heterocycles. The van der Waals surface area contributed by atoms with Crippen molar-refractivity contribution in [1.29, 1.82) is 0 Å². The van der Waals surface area contributed by atoms with Gasteiger partial charge in [-0.1, -0.05) is 28.8 Å². The van der Waals surface area contributed by atoms with E-state index >= 15 is 0 Å². The van der Waals surface area contributed by atoms with Crippen molar-refractivity contribution in [3.8, 4) is 0 Å². The molecule has 1 aromatic heterocycles. The lowest BCUT2D eigenvalue weighted by molar-refractivity contribution is -0.143. The monoisotopic (exact) mass is 463 g/mol. The molecule has 2 aromatic rings. The summed E-state index contributed by atoms with van der Waals surface area (Å²) < 4.78 is 6.10. The van der Waals surface area contributed by atoms with E-state index in [-0.39, 0.29) is 12.0 Å². The second-order valence-corrected chi connectivity index (χ2v) is 9.39. The highest BCUT2D eigenvalue weighted by molar-refractivity contribution is 9.10. The van der Waals surface area contributed by atoms with Gasteiger partial charge in [0.05, 0.1) is 29.5 Å². The Hall–Kier alpha value is -1.47. The van der Waals surface area contributed by atoms with Crippen LogP contribution in [-0.4, -0.2) is 40.4 Å². The van der Waals surface area contributed by atoms with Gasteiger partial charge in [-0.15, -0.1) is 11.8 Å². The van der Waals surface area contributed by atoms with Crippen molar-refractivity contribution < 1.29 is 9.53 Å². The number of carbonyl (C=O) groups is 1. The number of ether oxygens (including phenoxy) is 1. The zero-order valence-corrected chi connectivity index (χ0v) is 18.5. The smallest absolute Gasteiger partial charge is 0.305 e. The zero-order chi connectivity index (χ0) is 19.5. The molecule has 2 N–H and O–H groups in total. The molecule has 7 heteroatoms. The second kappa shape index (κ2) is 8.91. The average molecular weight is 464 g/mol. The van der Waals surface area contributed by atoms with Gasteiger partial charge >= 0.3 is 5.97 Å². The number of thioether (sulfide) groups is 1. The van der Waals surface area contributed by atoms with Crippen molar-refractivity contribution in [2.75, 3.05) is 17.7 Å². The number of aromatic amines is 1. The first-order valence-corrected chi connectivity index (χ1v) is 11.9. The lowest BCUT2D eigenvalue weighted by Gasteiger charge is -2.14. The fraction of sp³-hybridized carbons (Fsp3) is 0.524. The molecule has 1 unspecified atom stereocenters. The van der Waals surface area contributed by atoms with Crippen LogP contribution in [0.25, 0.3) is 10.9 Å². The quantitative estimate of drug-likeness (QED) is 0.532. The van der Waals surface area contributed by atoms with E-state index in [1.807, 2.05) is 6.92 Å². The molecular weight excluding hydrogens is 438 g/mol. The summed E-state index contributed by atoms with van der Waals surface area (Å²) in [7, 11) is 0. The van der Waals surface area contributed by atoms with Gasteiger partial charge in [0.2, 0.25) is 0 Å². The first kappa shape index (κ1) is 19.8. The van der Waals surface area contributed by atoms with Gasteiger partial charge in [0.15, 0.2) is 0 Å². The maximum Gasteiger partial charge on any atom is 0.305 e. The maximum absolute atomic E-state index is 11.6. The molecule has 5 nitrogen and oxygen atoms in total. The number of nitrogens with zero attached hydrogens (tertiary/aromatic N) is 1. The minimum Gasteiger partial charge on any atom is -0.466 e. The topological polar surface area (TPSA) is 66.5 Å². The number of aromatic nitrogens is 1. The zero-order valence-electron chi connectivity index (χ0n) is 16.1. The fourth-order valence-corrected chi connectivity index (χ4v) is 5.51. The highest BCUT2D eigenvalue weighted by Gasteiger charge is 2.23. The van der Waals surface area contributed by atoms with Crippen LogP contribution in [0, 0.1) is 0 Å². The largest absolute Gasteiger partial charge is 0.466 e. The number of aliphatic imine (C=N–C) groups is 1. The maximum atomic E-state index is 11.6.